The summed E-state index contributed by atoms with van der Waals surface area (Å²) in [5.41, 5.74) is 7.90. The van der Waals surface area contributed by atoms with Crippen molar-refractivity contribution in [1.82, 2.24) is 25.6 Å². The van der Waals surface area contributed by atoms with Crippen molar-refractivity contribution in [2.45, 2.75) is 44.4 Å². The standard InChI is InChI=1S/C23H28FN7O2S/c1-11-27-8-14-20(25)21(34-23(14)28-11)22(32)29-12-4-5-16-13(6-12)15(24)7-19(30-16)31-9-17(26-2)18(10-31)33-3/h7-8,12,17-18,26H,4-6,9-10,25H2,1-3H3,(H,29,32). The molecule has 0 bridgehead atoms. The molecule has 1 amide bonds. The Hall–Kier alpha value is -2.89. The number of carbonyl (C=O) groups excluding carboxylic acids is 1. The third-order valence-corrected chi connectivity index (χ3v) is 7.85. The average Bonchev–Trinajstić information content (AvgIpc) is 3.40. The van der Waals surface area contributed by atoms with Gasteiger partial charge in [0.25, 0.3) is 5.91 Å². The minimum Gasteiger partial charge on any atom is -0.397 e. The second-order valence-corrected chi connectivity index (χ2v) is 9.85. The molecule has 3 unspecified atom stereocenters. The van der Waals surface area contributed by atoms with Crippen LogP contribution in [-0.2, 0) is 17.6 Å². The topological polar surface area (TPSA) is 118 Å². The molecule has 4 heterocycles. The lowest BCUT2D eigenvalue weighted by Gasteiger charge is -2.27. The third kappa shape index (κ3) is 4.08. The Labute approximate surface area is 200 Å². The van der Waals surface area contributed by atoms with E-state index in [9.17, 15) is 4.79 Å². The molecule has 34 heavy (non-hydrogen) atoms. The van der Waals surface area contributed by atoms with Crippen LogP contribution in [0.15, 0.2) is 12.3 Å². The van der Waals surface area contributed by atoms with Gasteiger partial charge >= 0.3 is 0 Å². The summed E-state index contributed by atoms with van der Waals surface area (Å²) in [7, 11) is 3.59. The lowest BCUT2D eigenvalue weighted by atomic mass is 9.91. The fourth-order valence-corrected chi connectivity index (χ4v) is 5.84. The number of nitrogens with zero attached hydrogens (tertiary/aromatic N) is 4. The molecule has 0 radical (unpaired) electrons. The minimum absolute atomic E-state index is 0.0294. The highest BCUT2D eigenvalue weighted by Crippen LogP contribution is 2.33. The van der Waals surface area contributed by atoms with Gasteiger partial charge in [-0.25, -0.2) is 19.3 Å². The van der Waals surface area contributed by atoms with E-state index in [4.69, 9.17) is 15.5 Å². The maximum atomic E-state index is 15.2. The summed E-state index contributed by atoms with van der Waals surface area (Å²) >= 11 is 1.25. The van der Waals surface area contributed by atoms with Crippen molar-refractivity contribution < 1.29 is 13.9 Å². The number of halogens is 1. The summed E-state index contributed by atoms with van der Waals surface area (Å²) in [6.45, 7) is 3.16. The van der Waals surface area contributed by atoms with Gasteiger partial charge in [-0.05, 0) is 33.2 Å². The van der Waals surface area contributed by atoms with Crippen molar-refractivity contribution in [2.75, 3.05) is 37.9 Å². The fraction of sp³-hybridized carbons (Fsp3) is 0.478. The number of likely N-dealkylation sites (N-methyl/N-ethyl adjacent to an activating group) is 1. The minimum atomic E-state index is -0.284. The monoisotopic (exact) mass is 485 g/mol. The van der Waals surface area contributed by atoms with Gasteiger partial charge in [0, 0.05) is 49.8 Å². The second-order valence-electron chi connectivity index (χ2n) is 8.86. The maximum absolute atomic E-state index is 15.2. The Morgan fingerprint density at radius 2 is 2.18 bits per heavy atom. The molecule has 11 heteroatoms. The lowest BCUT2D eigenvalue weighted by Crippen LogP contribution is -2.39. The van der Waals surface area contributed by atoms with Gasteiger partial charge in [-0.1, -0.05) is 0 Å². The number of hydrogen-bond acceptors (Lipinski definition) is 9. The van der Waals surface area contributed by atoms with E-state index in [-0.39, 0.29) is 29.9 Å². The highest BCUT2D eigenvalue weighted by atomic mass is 32.1. The molecule has 1 aliphatic heterocycles. The van der Waals surface area contributed by atoms with Crippen LogP contribution in [0.25, 0.3) is 10.2 Å². The van der Waals surface area contributed by atoms with Crippen LogP contribution in [0, 0.1) is 12.7 Å². The van der Waals surface area contributed by atoms with Gasteiger partial charge in [0.1, 0.15) is 27.2 Å². The summed E-state index contributed by atoms with van der Waals surface area (Å²) in [4.78, 5) is 29.4. The van der Waals surface area contributed by atoms with Gasteiger partial charge in [-0.3, -0.25) is 4.79 Å². The normalized spacial score (nSPS) is 22.2. The molecule has 9 nitrogen and oxygen atoms in total. The van der Waals surface area contributed by atoms with E-state index in [0.717, 1.165) is 5.69 Å². The average molecular weight is 486 g/mol. The molecular formula is C23H28FN7O2S. The van der Waals surface area contributed by atoms with Gasteiger partial charge in [-0.2, -0.15) is 0 Å². The number of rotatable bonds is 5. The van der Waals surface area contributed by atoms with Crippen LogP contribution in [0.1, 0.15) is 33.2 Å². The number of nitrogens with two attached hydrogens (primary N) is 1. The third-order valence-electron chi connectivity index (χ3n) is 6.74. The van der Waals surface area contributed by atoms with Crippen LogP contribution in [0.2, 0.25) is 0 Å². The molecule has 1 aliphatic carbocycles. The van der Waals surface area contributed by atoms with E-state index >= 15 is 4.39 Å². The van der Waals surface area contributed by atoms with E-state index in [0.29, 0.717) is 70.3 Å². The Morgan fingerprint density at radius 3 is 2.91 bits per heavy atom. The summed E-state index contributed by atoms with van der Waals surface area (Å²) in [6, 6.07) is 1.47. The fourth-order valence-electron chi connectivity index (χ4n) is 4.83. The number of methoxy groups -OCH3 is 1. The maximum Gasteiger partial charge on any atom is 0.263 e. The van der Waals surface area contributed by atoms with Crippen molar-refractivity contribution in [1.29, 1.82) is 0 Å². The van der Waals surface area contributed by atoms with Gasteiger partial charge in [-0.15, -0.1) is 11.3 Å². The first-order valence-corrected chi connectivity index (χ1v) is 12.1. The number of aromatic nitrogens is 3. The molecule has 0 aromatic carbocycles. The SMILES string of the molecule is CNC1CN(c2cc(F)c3c(n2)CCC(NC(=O)c2sc4nc(C)ncc4c2N)C3)CC1OC. The zero-order valence-electron chi connectivity index (χ0n) is 19.4. The number of amides is 1. The van der Waals surface area contributed by atoms with E-state index in [2.05, 4.69) is 25.5 Å². The van der Waals surface area contributed by atoms with Crippen molar-refractivity contribution in [3.63, 3.8) is 0 Å². The Morgan fingerprint density at radius 1 is 1.35 bits per heavy atom. The number of hydrogen-bond donors (Lipinski definition) is 3. The largest absolute Gasteiger partial charge is 0.397 e. The highest BCUT2D eigenvalue weighted by Gasteiger charge is 2.34. The molecule has 0 saturated carbocycles. The molecule has 3 atom stereocenters. The van der Waals surface area contributed by atoms with Crippen molar-refractivity contribution in [3.05, 3.63) is 40.0 Å². The van der Waals surface area contributed by atoms with E-state index in [1.165, 1.54) is 17.4 Å². The number of carbonyl (C=O) groups is 1. The molecule has 3 aromatic rings. The number of nitrogens with one attached hydrogen (secondary N) is 2. The first-order chi connectivity index (χ1) is 16.4. The number of nitrogen functional groups attached to an aromatic ring is 1. The van der Waals surface area contributed by atoms with Crippen LogP contribution >= 0.6 is 11.3 Å². The molecule has 1 saturated heterocycles. The van der Waals surface area contributed by atoms with E-state index in [1.807, 2.05) is 7.05 Å². The Balaban J connectivity index is 1.31. The lowest BCUT2D eigenvalue weighted by molar-refractivity contribution is 0.0938. The van der Waals surface area contributed by atoms with Crippen molar-refractivity contribution in [3.8, 4) is 0 Å². The van der Waals surface area contributed by atoms with Gasteiger partial charge in [0.15, 0.2) is 0 Å². The number of fused-ring (bicyclic) bond motifs is 2. The van der Waals surface area contributed by atoms with Crippen LogP contribution in [0.3, 0.4) is 0 Å². The van der Waals surface area contributed by atoms with Gasteiger partial charge in [0.05, 0.1) is 23.2 Å². The van der Waals surface area contributed by atoms with Crippen molar-refractivity contribution >= 4 is 39.0 Å². The van der Waals surface area contributed by atoms with Gasteiger partial charge in [0.2, 0.25) is 0 Å². The predicted octanol–water partition coefficient (Wildman–Crippen LogP) is 1.83. The van der Waals surface area contributed by atoms with E-state index in [1.54, 1.807) is 20.2 Å². The van der Waals surface area contributed by atoms with Crippen LogP contribution in [-0.4, -0.2) is 66.3 Å². The molecule has 2 aliphatic rings. The second kappa shape index (κ2) is 9.05. The Bertz CT molecular complexity index is 1240. The number of pyridine rings is 1. The van der Waals surface area contributed by atoms with Crippen LogP contribution < -0.4 is 21.3 Å². The molecule has 4 N–H and O–H groups in total. The quantitative estimate of drug-likeness (QED) is 0.501. The highest BCUT2D eigenvalue weighted by molar-refractivity contribution is 7.21. The number of aryl methyl sites for hydroxylation is 2. The first-order valence-electron chi connectivity index (χ1n) is 11.3. The Kier molecular flexibility index (Phi) is 6.09. The molecular weight excluding hydrogens is 457 g/mol. The molecule has 3 aromatic heterocycles. The molecule has 1 fully saturated rings. The smallest absolute Gasteiger partial charge is 0.263 e. The van der Waals surface area contributed by atoms with Crippen molar-refractivity contribution in [2.24, 2.45) is 0 Å². The molecule has 0 spiro atoms. The number of anilines is 2. The zero-order valence-corrected chi connectivity index (χ0v) is 20.2. The van der Waals surface area contributed by atoms with Crippen LogP contribution in [0.4, 0.5) is 15.9 Å². The van der Waals surface area contributed by atoms with Gasteiger partial charge < -0.3 is 26.0 Å². The van der Waals surface area contributed by atoms with Crippen LogP contribution in [0.5, 0.6) is 0 Å². The number of ether oxygens (including phenoxy) is 1. The first kappa shape index (κ1) is 22.9. The number of thiophene rings is 1. The summed E-state index contributed by atoms with van der Waals surface area (Å²) < 4.78 is 20.7. The summed E-state index contributed by atoms with van der Waals surface area (Å²) in [6.07, 6.45) is 3.34. The molecule has 5 rings (SSSR count). The summed E-state index contributed by atoms with van der Waals surface area (Å²) in [5.74, 6) is 0.707. The zero-order chi connectivity index (χ0) is 24.0. The molecule has 180 valence electrons. The summed E-state index contributed by atoms with van der Waals surface area (Å²) in [5, 5.41) is 6.96. The predicted molar refractivity (Wildman–Crippen MR) is 130 cm³/mol. The van der Waals surface area contributed by atoms with E-state index < -0.39 is 0 Å².